The molecule has 0 aromatic heterocycles. The first kappa shape index (κ1) is 34.3. The molecule has 14 heteroatoms. The third-order valence-electron chi connectivity index (χ3n) is 4.64. The SMILES string of the molecule is CC(=O)OC=NC(=C\c1ccc(OC(C)=O)c(OC(C)=O)c1)/C(=C/c1ccc(OC(C)=O)c(OC(C)=O)c1)N=COC(C)=O. The van der Waals surface area contributed by atoms with Crippen molar-refractivity contribution in [3.8, 4) is 23.0 Å². The Bertz CT molecular complexity index is 1470. The molecule has 0 saturated carbocycles. The van der Waals surface area contributed by atoms with E-state index in [4.69, 9.17) is 28.4 Å². The van der Waals surface area contributed by atoms with E-state index in [0.29, 0.717) is 11.1 Å². The highest BCUT2D eigenvalue weighted by Crippen LogP contribution is 2.33. The fourth-order valence-electron chi connectivity index (χ4n) is 3.16. The summed E-state index contributed by atoms with van der Waals surface area (Å²) >= 11 is 0. The third-order valence-corrected chi connectivity index (χ3v) is 4.64. The molecule has 0 aliphatic rings. The van der Waals surface area contributed by atoms with Crippen LogP contribution in [0.1, 0.15) is 52.7 Å². The van der Waals surface area contributed by atoms with Gasteiger partial charge in [-0.25, -0.2) is 9.98 Å². The normalized spacial score (nSPS) is 11.6. The summed E-state index contributed by atoms with van der Waals surface area (Å²) in [5, 5.41) is 0. The van der Waals surface area contributed by atoms with Gasteiger partial charge >= 0.3 is 35.8 Å². The van der Waals surface area contributed by atoms with Gasteiger partial charge in [-0.3, -0.25) is 28.8 Å². The van der Waals surface area contributed by atoms with Gasteiger partial charge in [0.05, 0.1) is 11.4 Å². The minimum atomic E-state index is -0.681. The molecule has 0 bridgehead atoms. The third kappa shape index (κ3) is 12.3. The molecule has 0 aliphatic heterocycles. The summed E-state index contributed by atoms with van der Waals surface area (Å²) < 4.78 is 30.2. The van der Waals surface area contributed by atoms with Crippen LogP contribution in [0.2, 0.25) is 0 Å². The highest BCUT2D eigenvalue weighted by atomic mass is 16.6. The molecule has 0 fully saturated rings. The predicted molar refractivity (Wildman–Crippen MR) is 155 cm³/mol. The molecular weight excluding hydrogens is 580 g/mol. The van der Waals surface area contributed by atoms with Gasteiger partial charge in [0.25, 0.3) is 0 Å². The maximum absolute atomic E-state index is 11.7. The Morgan fingerprint density at radius 2 is 0.795 bits per heavy atom. The molecule has 230 valence electrons. The van der Waals surface area contributed by atoms with Crippen LogP contribution < -0.4 is 18.9 Å². The Kier molecular flexibility index (Phi) is 12.9. The lowest BCUT2D eigenvalue weighted by molar-refractivity contribution is -0.134. The number of hydrogen-bond donors (Lipinski definition) is 0. The molecule has 14 nitrogen and oxygen atoms in total. The molecule has 0 atom stereocenters. The lowest BCUT2D eigenvalue weighted by atomic mass is 10.1. The summed E-state index contributed by atoms with van der Waals surface area (Å²) in [5.41, 5.74) is 0.738. The smallest absolute Gasteiger partial charge is 0.308 e. The summed E-state index contributed by atoms with van der Waals surface area (Å²) in [6.45, 7) is 7.00. The van der Waals surface area contributed by atoms with Crippen LogP contribution in [0.3, 0.4) is 0 Å². The van der Waals surface area contributed by atoms with Crippen molar-refractivity contribution in [3.63, 3.8) is 0 Å². The first-order chi connectivity index (χ1) is 20.7. The maximum Gasteiger partial charge on any atom is 0.308 e. The Labute approximate surface area is 251 Å². The van der Waals surface area contributed by atoms with Crippen molar-refractivity contribution in [1.29, 1.82) is 0 Å². The molecule has 44 heavy (non-hydrogen) atoms. The van der Waals surface area contributed by atoms with Crippen molar-refractivity contribution in [2.45, 2.75) is 41.5 Å². The number of esters is 6. The van der Waals surface area contributed by atoms with Crippen molar-refractivity contribution in [1.82, 2.24) is 0 Å². The molecule has 2 rings (SSSR count). The van der Waals surface area contributed by atoms with Gasteiger partial charge in [-0.15, -0.1) is 0 Å². The summed E-state index contributed by atoms with van der Waals surface area (Å²) in [4.78, 5) is 77.5. The average Bonchev–Trinajstić information content (AvgIpc) is 2.89. The van der Waals surface area contributed by atoms with E-state index in [-0.39, 0.29) is 34.4 Å². The van der Waals surface area contributed by atoms with Crippen molar-refractivity contribution >= 4 is 60.8 Å². The van der Waals surface area contributed by atoms with Gasteiger partial charge in [-0.2, -0.15) is 0 Å². The van der Waals surface area contributed by atoms with E-state index in [0.717, 1.165) is 40.5 Å². The number of aliphatic imine (C=N–C) groups is 2. The number of hydrogen-bond acceptors (Lipinski definition) is 14. The van der Waals surface area contributed by atoms with Crippen LogP contribution in [-0.4, -0.2) is 48.6 Å². The molecule has 0 unspecified atom stereocenters. The Balaban J connectivity index is 2.79. The fourth-order valence-corrected chi connectivity index (χ4v) is 3.16. The zero-order chi connectivity index (χ0) is 32.8. The lowest BCUT2D eigenvalue weighted by Crippen LogP contribution is -2.07. The number of benzene rings is 2. The maximum atomic E-state index is 11.7. The number of carbonyl (C=O) groups excluding carboxylic acids is 6. The van der Waals surface area contributed by atoms with Crippen LogP contribution >= 0.6 is 0 Å². The van der Waals surface area contributed by atoms with Gasteiger partial charge < -0.3 is 28.4 Å². The molecule has 0 radical (unpaired) electrons. The van der Waals surface area contributed by atoms with Gasteiger partial charge in [0.1, 0.15) is 0 Å². The topological polar surface area (TPSA) is 183 Å². The molecule has 0 heterocycles. The molecule has 2 aromatic carbocycles. The van der Waals surface area contributed by atoms with Crippen molar-refractivity contribution in [3.05, 3.63) is 58.9 Å². The van der Waals surface area contributed by atoms with Gasteiger partial charge in [-0.05, 0) is 47.5 Å². The minimum Gasteiger partial charge on any atom is -0.423 e. The van der Waals surface area contributed by atoms with E-state index in [1.807, 2.05) is 0 Å². The second-order valence-electron chi connectivity index (χ2n) is 8.53. The number of carbonyl (C=O) groups is 6. The largest absolute Gasteiger partial charge is 0.423 e. The summed E-state index contributed by atoms with van der Waals surface area (Å²) in [7, 11) is 0. The average molecular weight is 609 g/mol. The summed E-state index contributed by atoms with van der Waals surface area (Å²) in [5.74, 6) is -4.20. The first-order valence-corrected chi connectivity index (χ1v) is 12.6. The summed E-state index contributed by atoms with van der Waals surface area (Å²) in [6, 6.07) is 8.52. The van der Waals surface area contributed by atoms with Crippen LogP contribution in [-0.2, 0) is 38.2 Å². The molecule has 0 amide bonds. The van der Waals surface area contributed by atoms with Crippen LogP contribution in [0.4, 0.5) is 0 Å². The van der Waals surface area contributed by atoms with Crippen molar-refractivity contribution in [2.75, 3.05) is 0 Å². The zero-order valence-electron chi connectivity index (χ0n) is 24.6. The van der Waals surface area contributed by atoms with Crippen LogP contribution in [0.25, 0.3) is 12.2 Å². The van der Waals surface area contributed by atoms with E-state index in [1.165, 1.54) is 62.4 Å². The van der Waals surface area contributed by atoms with Crippen LogP contribution in [0, 0.1) is 0 Å². The second-order valence-corrected chi connectivity index (χ2v) is 8.53. The minimum absolute atomic E-state index is 0.0155. The fraction of sp³-hybridized carbons (Fsp3) is 0.200. The molecular formula is C30H28N2O12. The second kappa shape index (κ2) is 16.5. The number of ether oxygens (including phenoxy) is 6. The number of nitrogens with zero attached hydrogens (tertiary/aromatic N) is 2. The van der Waals surface area contributed by atoms with E-state index >= 15 is 0 Å². The van der Waals surface area contributed by atoms with Crippen molar-refractivity contribution in [2.24, 2.45) is 9.98 Å². The van der Waals surface area contributed by atoms with E-state index in [9.17, 15) is 28.8 Å². The molecule has 2 aromatic rings. The van der Waals surface area contributed by atoms with Gasteiger partial charge in [0.15, 0.2) is 35.8 Å². The highest BCUT2D eigenvalue weighted by molar-refractivity contribution is 5.80. The van der Waals surface area contributed by atoms with Gasteiger partial charge in [0, 0.05) is 41.5 Å². The van der Waals surface area contributed by atoms with E-state index in [2.05, 4.69) is 9.98 Å². The molecule has 0 spiro atoms. The molecule has 0 saturated heterocycles. The number of rotatable bonds is 11. The lowest BCUT2D eigenvalue weighted by Gasteiger charge is -2.11. The van der Waals surface area contributed by atoms with Crippen LogP contribution in [0.5, 0.6) is 23.0 Å². The standard InChI is InChI=1S/C30H28N2O12/c1-17(33)39-15-31-25(11-23-7-9-27(41-19(3)35)29(13-23)43-21(5)37)26(32-16-40-18(2)34)12-24-8-10-28(42-20(4)36)30(14-24)44-22(6)38/h7-16H,1-6H3/b25-11-,26-12-,31-15?,32-16?. The van der Waals surface area contributed by atoms with E-state index in [1.54, 1.807) is 0 Å². The summed E-state index contributed by atoms with van der Waals surface area (Å²) in [6.07, 6.45) is 4.55. The van der Waals surface area contributed by atoms with Crippen LogP contribution in [0.15, 0.2) is 57.8 Å². The first-order valence-electron chi connectivity index (χ1n) is 12.6. The van der Waals surface area contributed by atoms with Crippen molar-refractivity contribution < 1.29 is 57.2 Å². The zero-order valence-corrected chi connectivity index (χ0v) is 24.6. The highest BCUT2D eigenvalue weighted by Gasteiger charge is 2.14. The van der Waals surface area contributed by atoms with Gasteiger partial charge in [-0.1, -0.05) is 12.1 Å². The monoisotopic (exact) mass is 608 g/mol. The Morgan fingerprint density at radius 3 is 1.09 bits per heavy atom. The predicted octanol–water partition coefficient (Wildman–Crippen LogP) is 3.95. The van der Waals surface area contributed by atoms with E-state index < -0.39 is 35.8 Å². The molecule has 0 N–H and O–H groups in total. The Hall–Kier alpha value is -5.92. The quantitative estimate of drug-likeness (QED) is 0.118. The molecule has 0 aliphatic carbocycles. The Morgan fingerprint density at radius 1 is 0.477 bits per heavy atom. The van der Waals surface area contributed by atoms with Gasteiger partial charge in [0.2, 0.25) is 0 Å².